The van der Waals surface area contributed by atoms with E-state index >= 15 is 0 Å². The molecule has 0 radical (unpaired) electrons. The highest BCUT2D eigenvalue weighted by Crippen LogP contribution is 2.01. The van der Waals surface area contributed by atoms with Crippen LogP contribution >= 0.6 is 0 Å². The Hall–Kier alpha value is -2.28. The van der Waals surface area contributed by atoms with Crippen molar-refractivity contribution in [3.8, 4) is 0 Å². The summed E-state index contributed by atoms with van der Waals surface area (Å²) in [4.78, 5) is 19.8. The number of nitrogens with two attached hydrogens (primary N) is 1. The third-order valence-corrected chi connectivity index (χ3v) is 2.40. The summed E-state index contributed by atoms with van der Waals surface area (Å²) in [6, 6.07) is 3.34. The van der Waals surface area contributed by atoms with Crippen molar-refractivity contribution in [1.82, 2.24) is 25.5 Å². The second kappa shape index (κ2) is 5.87. The van der Waals surface area contributed by atoms with Gasteiger partial charge in [0.15, 0.2) is 0 Å². The number of hydrogen-bond donors (Lipinski definition) is 3. The maximum Gasteiger partial charge on any atom is 0.251 e. The molecule has 4 N–H and O–H groups in total. The molecule has 0 saturated carbocycles. The number of hydrogen-bond acceptors (Lipinski definition) is 5. The number of pyridine rings is 1. The van der Waals surface area contributed by atoms with Gasteiger partial charge >= 0.3 is 0 Å². The Morgan fingerprint density at radius 3 is 3.06 bits per heavy atom. The van der Waals surface area contributed by atoms with E-state index in [1.165, 1.54) is 6.33 Å². The standard InChI is InChI=1S/C11H14N6O/c12-6-9-5-8(1-3-13-9)11(18)14-4-2-10-15-7-16-17-10/h1,3,5,7H,2,4,6,12H2,(H,14,18)(H,15,16,17). The fraction of sp³-hybridized carbons (Fsp3) is 0.273. The van der Waals surface area contributed by atoms with Crippen LogP contribution in [0.5, 0.6) is 0 Å². The lowest BCUT2D eigenvalue weighted by molar-refractivity contribution is 0.0954. The first-order chi connectivity index (χ1) is 8.79. The highest BCUT2D eigenvalue weighted by Gasteiger charge is 2.06. The van der Waals surface area contributed by atoms with E-state index in [1.807, 2.05) is 0 Å². The van der Waals surface area contributed by atoms with Crippen molar-refractivity contribution in [2.24, 2.45) is 5.73 Å². The molecule has 2 aromatic rings. The van der Waals surface area contributed by atoms with Crippen LogP contribution in [0.2, 0.25) is 0 Å². The Labute approximate surface area is 104 Å². The third kappa shape index (κ3) is 3.11. The predicted molar refractivity (Wildman–Crippen MR) is 64.5 cm³/mol. The summed E-state index contributed by atoms with van der Waals surface area (Å²) in [5.41, 5.74) is 6.72. The van der Waals surface area contributed by atoms with Crippen LogP contribution in [-0.4, -0.2) is 32.6 Å². The Kier molecular flexibility index (Phi) is 3.98. The minimum Gasteiger partial charge on any atom is -0.352 e. The number of aromatic nitrogens is 4. The van der Waals surface area contributed by atoms with E-state index in [0.717, 1.165) is 5.82 Å². The molecule has 0 aliphatic carbocycles. The lowest BCUT2D eigenvalue weighted by atomic mass is 10.2. The van der Waals surface area contributed by atoms with Crippen molar-refractivity contribution in [3.05, 3.63) is 41.7 Å². The summed E-state index contributed by atoms with van der Waals surface area (Å²) in [6.45, 7) is 0.813. The van der Waals surface area contributed by atoms with E-state index in [9.17, 15) is 4.79 Å². The number of aromatic amines is 1. The molecule has 7 heteroatoms. The van der Waals surface area contributed by atoms with Gasteiger partial charge in [-0.3, -0.25) is 14.9 Å². The molecular formula is C11H14N6O. The molecule has 0 unspecified atom stereocenters. The van der Waals surface area contributed by atoms with Gasteiger partial charge in [0, 0.05) is 31.3 Å². The normalized spacial score (nSPS) is 10.3. The fourth-order valence-electron chi connectivity index (χ4n) is 1.48. The Morgan fingerprint density at radius 1 is 1.44 bits per heavy atom. The van der Waals surface area contributed by atoms with Gasteiger partial charge in [-0.1, -0.05) is 0 Å². The highest BCUT2D eigenvalue weighted by molar-refractivity contribution is 5.94. The van der Waals surface area contributed by atoms with Crippen molar-refractivity contribution in [1.29, 1.82) is 0 Å². The Balaban J connectivity index is 1.87. The molecule has 2 heterocycles. The summed E-state index contributed by atoms with van der Waals surface area (Å²) < 4.78 is 0. The second-order valence-corrected chi connectivity index (χ2v) is 3.68. The first-order valence-electron chi connectivity index (χ1n) is 5.57. The molecule has 2 aromatic heterocycles. The maximum atomic E-state index is 11.8. The number of rotatable bonds is 5. The van der Waals surface area contributed by atoms with E-state index in [-0.39, 0.29) is 5.91 Å². The monoisotopic (exact) mass is 246 g/mol. The number of carbonyl (C=O) groups excluding carboxylic acids is 1. The van der Waals surface area contributed by atoms with Crippen LogP contribution in [-0.2, 0) is 13.0 Å². The molecule has 7 nitrogen and oxygen atoms in total. The maximum absolute atomic E-state index is 11.8. The van der Waals surface area contributed by atoms with Gasteiger partial charge in [-0.05, 0) is 12.1 Å². The van der Waals surface area contributed by atoms with E-state index < -0.39 is 0 Å². The van der Waals surface area contributed by atoms with Crippen LogP contribution in [0, 0.1) is 0 Å². The molecule has 1 amide bonds. The quantitative estimate of drug-likeness (QED) is 0.667. The van der Waals surface area contributed by atoms with Crippen LogP contribution in [0.3, 0.4) is 0 Å². The largest absolute Gasteiger partial charge is 0.352 e. The van der Waals surface area contributed by atoms with Crippen molar-refractivity contribution in [2.75, 3.05) is 6.54 Å². The fourth-order valence-corrected chi connectivity index (χ4v) is 1.48. The third-order valence-electron chi connectivity index (χ3n) is 2.40. The van der Waals surface area contributed by atoms with Gasteiger partial charge in [-0.2, -0.15) is 5.10 Å². The first-order valence-corrected chi connectivity index (χ1v) is 5.57. The highest BCUT2D eigenvalue weighted by atomic mass is 16.1. The van der Waals surface area contributed by atoms with Crippen molar-refractivity contribution >= 4 is 5.91 Å². The molecule has 2 rings (SSSR count). The zero-order valence-corrected chi connectivity index (χ0v) is 9.76. The topological polar surface area (TPSA) is 110 Å². The minimum atomic E-state index is -0.147. The van der Waals surface area contributed by atoms with Gasteiger partial charge < -0.3 is 11.1 Å². The van der Waals surface area contributed by atoms with Gasteiger partial charge in [0.2, 0.25) is 0 Å². The van der Waals surface area contributed by atoms with Gasteiger partial charge in [0.25, 0.3) is 5.91 Å². The second-order valence-electron chi connectivity index (χ2n) is 3.68. The van der Waals surface area contributed by atoms with Crippen LogP contribution in [0.1, 0.15) is 21.9 Å². The van der Waals surface area contributed by atoms with Crippen LogP contribution in [0.15, 0.2) is 24.7 Å². The molecule has 0 saturated heterocycles. The SMILES string of the molecule is NCc1cc(C(=O)NCCc2ncn[nH]2)ccn1. The van der Waals surface area contributed by atoms with Gasteiger partial charge in [-0.15, -0.1) is 0 Å². The zero-order valence-electron chi connectivity index (χ0n) is 9.76. The lowest BCUT2D eigenvalue weighted by Gasteiger charge is -2.04. The number of amides is 1. The predicted octanol–water partition coefficient (Wildman–Crippen LogP) is -0.369. The van der Waals surface area contributed by atoms with E-state index in [1.54, 1.807) is 18.3 Å². The average molecular weight is 246 g/mol. The molecular weight excluding hydrogens is 232 g/mol. The number of H-pyrrole nitrogens is 1. The Morgan fingerprint density at radius 2 is 2.33 bits per heavy atom. The van der Waals surface area contributed by atoms with Crippen LogP contribution in [0.4, 0.5) is 0 Å². The van der Waals surface area contributed by atoms with Crippen molar-refractivity contribution < 1.29 is 4.79 Å². The molecule has 0 atom stereocenters. The first kappa shape index (κ1) is 12.2. The minimum absolute atomic E-state index is 0.147. The summed E-state index contributed by atoms with van der Waals surface area (Å²) in [6.07, 6.45) is 3.63. The molecule has 0 spiro atoms. The molecule has 0 aliphatic rings. The van der Waals surface area contributed by atoms with Crippen LogP contribution in [0.25, 0.3) is 0 Å². The molecule has 0 bridgehead atoms. The average Bonchev–Trinajstić information content (AvgIpc) is 2.92. The van der Waals surface area contributed by atoms with E-state index in [2.05, 4.69) is 25.5 Å². The molecule has 0 aromatic carbocycles. The summed E-state index contributed by atoms with van der Waals surface area (Å²) in [5.74, 6) is 0.597. The smallest absolute Gasteiger partial charge is 0.251 e. The summed E-state index contributed by atoms with van der Waals surface area (Å²) >= 11 is 0. The molecule has 94 valence electrons. The zero-order chi connectivity index (χ0) is 12.8. The summed E-state index contributed by atoms with van der Waals surface area (Å²) in [5, 5.41) is 9.25. The number of carbonyl (C=O) groups is 1. The number of nitrogens with zero attached hydrogens (tertiary/aromatic N) is 3. The van der Waals surface area contributed by atoms with E-state index in [4.69, 9.17) is 5.73 Å². The van der Waals surface area contributed by atoms with E-state index in [0.29, 0.717) is 30.8 Å². The summed E-state index contributed by atoms with van der Waals surface area (Å²) in [7, 11) is 0. The van der Waals surface area contributed by atoms with Crippen molar-refractivity contribution in [3.63, 3.8) is 0 Å². The van der Waals surface area contributed by atoms with Crippen LogP contribution < -0.4 is 11.1 Å². The number of nitrogens with one attached hydrogen (secondary N) is 2. The molecule has 0 fully saturated rings. The Bertz CT molecular complexity index is 510. The molecule has 0 aliphatic heterocycles. The van der Waals surface area contributed by atoms with Gasteiger partial charge in [-0.25, -0.2) is 4.98 Å². The lowest BCUT2D eigenvalue weighted by Crippen LogP contribution is -2.26. The van der Waals surface area contributed by atoms with Crippen molar-refractivity contribution in [2.45, 2.75) is 13.0 Å². The van der Waals surface area contributed by atoms with Gasteiger partial charge in [0.1, 0.15) is 12.2 Å². The van der Waals surface area contributed by atoms with Gasteiger partial charge in [0.05, 0.1) is 5.69 Å². The molecule has 18 heavy (non-hydrogen) atoms.